The lowest BCUT2D eigenvalue weighted by Crippen LogP contribution is -2.35. The van der Waals surface area contributed by atoms with Crippen LogP contribution in [0.1, 0.15) is 43.6 Å². The first-order chi connectivity index (χ1) is 9.42. The minimum Gasteiger partial charge on any atom is -0.295 e. The Labute approximate surface area is 122 Å². The maximum atomic E-state index is 12.3. The highest BCUT2D eigenvalue weighted by atomic mass is 16.1. The topological polar surface area (TPSA) is 44.1 Å². The summed E-state index contributed by atoms with van der Waals surface area (Å²) in [6.07, 6.45) is 0. The van der Waals surface area contributed by atoms with Gasteiger partial charge < -0.3 is 0 Å². The lowest BCUT2D eigenvalue weighted by molar-refractivity contribution is 0.0912. The third kappa shape index (κ3) is 5.54. The Morgan fingerprint density at radius 1 is 1.10 bits per heavy atom. The normalized spacial score (nSPS) is 11.1. The van der Waals surface area contributed by atoms with Gasteiger partial charge in [0, 0.05) is 18.7 Å². The van der Waals surface area contributed by atoms with Crippen LogP contribution in [0, 0.1) is 23.2 Å². The molecule has 0 saturated heterocycles. The highest BCUT2D eigenvalue weighted by molar-refractivity contribution is 5.97. The van der Waals surface area contributed by atoms with Crippen LogP contribution < -0.4 is 0 Å². The summed E-state index contributed by atoms with van der Waals surface area (Å²) in [7, 11) is 0. The van der Waals surface area contributed by atoms with Crippen molar-refractivity contribution in [3.05, 3.63) is 35.4 Å². The standard InChI is InChI=1S/C17H24N2O/c1-13(2)10-19(11-14(3)4)12-17(20)16-7-5-15(9-18)6-8-16/h5-8,13-14H,10-12H2,1-4H3. The van der Waals surface area contributed by atoms with Gasteiger partial charge in [-0.1, -0.05) is 39.8 Å². The Balaban J connectivity index is 2.71. The number of hydrogen-bond donors (Lipinski definition) is 0. The van der Waals surface area contributed by atoms with Gasteiger partial charge in [0.2, 0.25) is 0 Å². The Morgan fingerprint density at radius 2 is 1.60 bits per heavy atom. The lowest BCUT2D eigenvalue weighted by Gasteiger charge is -2.25. The zero-order chi connectivity index (χ0) is 15.1. The molecule has 0 radical (unpaired) electrons. The smallest absolute Gasteiger partial charge is 0.176 e. The Kier molecular flexibility index (Phi) is 6.41. The van der Waals surface area contributed by atoms with Crippen molar-refractivity contribution < 1.29 is 4.79 Å². The molecule has 0 atom stereocenters. The van der Waals surface area contributed by atoms with Crippen molar-refractivity contribution in [1.29, 1.82) is 5.26 Å². The second-order valence-corrected chi connectivity index (χ2v) is 6.09. The molecule has 0 unspecified atom stereocenters. The Morgan fingerprint density at radius 3 is 2.00 bits per heavy atom. The van der Waals surface area contributed by atoms with Crippen molar-refractivity contribution in [1.82, 2.24) is 4.90 Å². The van der Waals surface area contributed by atoms with Gasteiger partial charge >= 0.3 is 0 Å². The fourth-order valence-corrected chi connectivity index (χ4v) is 2.26. The SMILES string of the molecule is CC(C)CN(CC(=O)c1ccc(C#N)cc1)CC(C)C. The van der Waals surface area contributed by atoms with Gasteiger partial charge in [0.05, 0.1) is 18.2 Å². The maximum Gasteiger partial charge on any atom is 0.176 e. The monoisotopic (exact) mass is 272 g/mol. The van der Waals surface area contributed by atoms with E-state index < -0.39 is 0 Å². The summed E-state index contributed by atoms with van der Waals surface area (Å²) in [5.41, 5.74) is 1.27. The minimum atomic E-state index is 0.121. The molecule has 0 fully saturated rings. The number of Topliss-reactive ketones (excluding diaryl/α,β-unsaturated/α-hetero) is 1. The summed E-state index contributed by atoms with van der Waals surface area (Å²) >= 11 is 0. The number of nitrogens with zero attached hydrogens (tertiary/aromatic N) is 2. The van der Waals surface area contributed by atoms with Crippen molar-refractivity contribution in [3.8, 4) is 6.07 Å². The molecule has 0 aliphatic rings. The van der Waals surface area contributed by atoms with E-state index in [2.05, 4.69) is 38.7 Å². The zero-order valence-corrected chi connectivity index (χ0v) is 12.9. The lowest BCUT2D eigenvalue weighted by atomic mass is 10.1. The predicted molar refractivity (Wildman–Crippen MR) is 81.6 cm³/mol. The van der Waals surface area contributed by atoms with E-state index >= 15 is 0 Å². The average molecular weight is 272 g/mol. The fourth-order valence-electron chi connectivity index (χ4n) is 2.26. The molecule has 1 aromatic rings. The number of nitriles is 1. The molecule has 0 aliphatic carbocycles. The number of hydrogen-bond acceptors (Lipinski definition) is 3. The van der Waals surface area contributed by atoms with Crippen LogP contribution in [0.2, 0.25) is 0 Å². The Bertz CT molecular complexity index is 459. The second kappa shape index (κ2) is 7.81. The third-order valence-electron chi connectivity index (χ3n) is 2.95. The van der Waals surface area contributed by atoms with E-state index in [9.17, 15) is 4.79 Å². The number of benzene rings is 1. The largest absolute Gasteiger partial charge is 0.295 e. The molecule has 0 saturated carbocycles. The molecule has 0 N–H and O–H groups in total. The van der Waals surface area contributed by atoms with Crippen molar-refractivity contribution in [2.75, 3.05) is 19.6 Å². The third-order valence-corrected chi connectivity index (χ3v) is 2.95. The quantitative estimate of drug-likeness (QED) is 0.715. The van der Waals surface area contributed by atoms with E-state index in [1.807, 2.05) is 0 Å². The van der Waals surface area contributed by atoms with Gasteiger partial charge in [0.1, 0.15) is 0 Å². The molecule has 0 aliphatic heterocycles. The van der Waals surface area contributed by atoms with E-state index in [0.29, 0.717) is 29.5 Å². The van der Waals surface area contributed by atoms with Crippen LogP contribution in [-0.4, -0.2) is 30.3 Å². The van der Waals surface area contributed by atoms with Gasteiger partial charge in [-0.25, -0.2) is 0 Å². The van der Waals surface area contributed by atoms with E-state index in [-0.39, 0.29) is 5.78 Å². The van der Waals surface area contributed by atoms with Crippen LogP contribution in [0.5, 0.6) is 0 Å². The van der Waals surface area contributed by atoms with Crippen molar-refractivity contribution in [2.45, 2.75) is 27.7 Å². The van der Waals surface area contributed by atoms with E-state index in [1.165, 1.54) is 0 Å². The number of carbonyl (C=O) groups excluding carboxylic acids is 1. The van der Waals surface area contributed by atoms with Crippen molar-refractivity contribution in [3.63, 3.8) is 0 Å². The van der Waals surface area contributed by atoms with Crippen molar-refractivity contribution >= 4 is 5.78 Å². The minimum absolute atomic E-state index is 0.121. The molecule has 0 aromatic heterocycles. The molecule has 1 aromatic carbocycles. The van der Waals surface area contributed by atoms with Crippen LogP contribution in [-0.2, 0) is 0 Å². The molecule has 3 heteroatoms. The number of carbonyl (C=O) groups is 1. The molecule has 0 bridgehead atoms. The van der Waals surface area contributed by atoms with Gasteiger partial charge in [-0.05, 0) is 24.0 Å². The summed E-state index contributed by atoms with van der Waals surface area (Å²) < 4.78 is 0. The molecule has 3 nitrogen and oxygen atoms in total. The number of ketones is 1. The van der Waals surface area contributed by atoms with Crippen LogP contribution in [0.15, 0.2) is 24.3 Å². The van der Waals surface area contributed by atoms with Gasteiger partial charge in [0.25, 0.3) is 0 Å². The zero-order valence-electron chi connectivity index (χ0n) is 12.9. The molecular weight excluding hydrogens is 248 g/mol. The van der Waals surface area contributed by atoms with Gasteiger partial charge in [-0.15, -0.1) is 0 Å². The average Bonchev–Trinajstić information content (AvgIpc) is 2.37. The highest BCUT2D eigenvalue weighted by Gasteiger charge is 2.15. The molecule has 1 rings (SSSR count). The fraction of sp³-hybridized carbons (Fsp3) is 0.529. The molecule has 108 valence electrons. The first-order valence-corrected chi connectivity index (χ1v) is 7.18. The number of rotatable bonds is 7. The van der Waals surface area contributed by atoms with Gasteiger partial charge in [0.15, 0.2) is 5.78 Å². The predicted octanol–water partition coefficient (Wildman–Crippen LogP) is 3.35. The summed E-state index contributed by atoms with van der Waals surface area (Å²) in [5, 5.41) is 8.77. The molecule has 0 amide bonds. The van der Waals surface area contributed by atoms with E-state index in [4.69, 9.17) is 5.26 Å². The first kappa shape index (κ1) is 16.4. The second-order valence-electron chi connectivity index (χ2n) is 6.09. The van der Waals surface area contributed by atoms with Crippen LogP contribution in [0.4, 0.5) is 0 Å². The molecule has 20 heavy (non-hydrogen) atoms. The van der Waals surface area contributed by atoms with E-state index in [0.717, 1.165) is 13.1 Å². The molecular formula is C17H24N2O. The van der Waals surface area contributed by atoms with Crippen molar-refractivity contribution in [2.24, 2.45) is 11.8 Å². The summed E-state index contributed by atoms with van der Waals surface area (Å²) in [4.78, 5) is 14.5. The maximum absolute atomic E-state index is 12.3. The first-order valence-electron chi connectivity index (χ1n) is 7.18. The van der Waals surface area contributed by atoms with Crippen LogP contribution in [0.3, 0.4) is 0 Å². The van der Waals surface area contributed by atoms with E-state index in [1.54, 1.807) is 24.3 Å². The van der Waals surface area contributed by atoms with Crippen LogP contribution >= 0.6 is 0 Å². The summed E-state index contributed by atoms with van der Waals surface area (Å²) in [6, 6.07) is 8.94. The summed E-state index contributed by atoms with van der Waals surface area (Å²) in [5.74, 6) is 1.21. The molecule has 0 heterocycles. The Hall–Kier alpha value is -1.66. The van der Waals surface area contributed by atoms with Crippen LogP contribution in [0.25, 0.3) is 0 Å². The summed E-state index contributed by atoms with van der Waals surface area (Å²) in [6.45, 7) is 11.0. The molecule has 0 spiro atoms. The highest BCUT2D eigenvalue weighted by Crippen LogP contribution is 2.08. The van der Waals surface area contributed by atoms with Gasteiger partial charge in [-0.3, -0.25) is 9.69 Å². The van der Waals surface area contributed by atoms with Gasteiger partial charge in [-0.2, -0.15) is 5.26 Å².